The van der Waals surface area contributed by atoms with Crippen LogP contribution < -0.4 is 11.1 Å². The van der Waals surface area contributed by atoms with Crippen LogP contribution in [0.3, 0.4) is 0 Å². The number of aromatic nitrogens is 1. The van der Waals surface area contributed by atoms with Gasteiger partial charge in [-0.25, -0.2) is 4.98 Å². The number of nitrogens with one attached hydrogen (secondary N) is 1. The van der Waals surface area contributed by atoms with Gasteiger partial charge >= 0.3 is 0 Å². The molecule has 20 heavy (non-hydrogen) atoms. The molecule has 0 aromatic carbocycles. The zero-order valence-corrected chi connectivity index (χ0v) is 12.2. The molecular formula is C15H19N3OS. The molecule has 1 fully saturated rings. The minimum atomic E-state index is -0.110. The van der Waals surface area contributed by atoms with Crippen LogP contribution in [0.25, 0.3) is 0 Å². The van der Waals surface area contributed by atoms with Crippen LogP contribution in [-0.4, -0.2) is 35.5 Å². The molecule has 1 amide bonds. The number of thioether (sulfide) groups is 1. The third-order valence-corrected chi connectivity index (χ3v) is 4.27. The summed E-state index contributed by atoms with van der Waals surface area (Å²) < 4.78 is 0. The van der Waals surface area contributed by atoms with Crippen molar-refractivity contribution in [3.8, 4) is 11.8 Å². The number of carbonyl (C=O) groups excluding carboxylic acids is 1. The van der Waals surface area contributed by atoms with Crippen molar-refractivity contribution in [2.24, 2.45) is 11.7 Å². The highest BCUT2D eigenvalue weighted by atomic mass is 32.2. The van der Waals surface area contributed by atoms with Crippen LogP contribution in [0.1, 0.15) is 28.9 Å². The van der Waals surface area contributed by atoms with E-state index in [1.165, 1.54) is 24.3 Å². The molecule has 0 spiro atoms. The van der Waals surface area contributed by atoms with Gasteiger partial charge in [-0.1, -0.05) is 11.8 Å². The Morgan fingerprint density at radius 3 is 2.90 bits per heavy atom. The fraction of sp³-hybridized carbons (Fsp3) is 0.467. The van der Waals surface area contributed by atoms with Crippen molar-refractivity contribution in [3.05, 3.63) is 29.6 Å². The predicted molar refractivity (Wildman–Crippen MR) is 82.6 cm³/mol. The van der Waals surface area contributed by atoms with Gasteiger partial charge in [0.05, 0.1) is 6.54 Å². The zero-order chi connectivity index (χ0) is 14.2. The molecule has 1 aromatic heterocycles. The quantitative estimate of drug-likeness (QED) is 0.822. The maximum absolute atomic E-state index is 12.0. The lowest BCUT2D eigenvalue weighted by Crippen LogP contribution is -2.31. The van der Waals surface area contributed by atoms with Crippen molar-refractivity contribution < 1.29 is 4.79 Å². The summed E-state index contributed by atoms with van der Waals surface area (Å²) in [5.74, 6) is 8.54. The van der Waals surface area contributed by atoms with E-state index < -0.39 is 0 Å². The molecule has 0 bridgehead atoms. The molecule has 0 unspecified atom stereocenters. The van der Waals surface area contributed by atoms with Gasteiger partial charge in [-0.3, -0.25) is 4.79 Å². The summed E-state index contributed by atoms with van der Waals surface area (Å²) in [6.07, 6.45) is 3.98. The smallest absolute Gasteiger partial charge is 0.269 e. The van der Waals surface area contributed by atoms with Gasteiger partial charge in [-0.15, -0.1) is 0 Å². The summed E-state index contributed by atoms with van der Waals surface area (Å²) in [4.78, 5) is 16.1. The topological polar surface area (TPSA) is 68.0 Å². The monoisotopic (exact) mass is 289 g/mol. The van der Waals surface area contributed by atoms with Gasteiger partial charge in [0.2, 0.25) is 0 Å². The zero-order valence-electron chi connectivity index (χ0n) is 11.4. The molecule has 0 saturated carbocycles. The third kappa shape index (κ3) is 4.55. The van der Waals surface area contributed by atoms with Crippen LogP contribution in [0, 0.1) is 17.8 Å². The minimum Gasteiger partial charge on any atom is -0.350 e. The molecule has 0 radical (unpaired) electrons. The van der Waals surface area contributed by atoms with Crippen molar-refractivity contribution in [1.29, 1.82) is 0 Å². The van der Waals surface area contributed by atoms with Gasteiger partial charge in [0.25, 0.3) is 5.91 Å². The Balaban J connectivity index is 1.85. The van der Waals surface area contributed by atoms with Crippen molar-refractivity contribution in [2.75, 3.05) is 24.6 Å². The Bertz CT molecular complexity index is 498. The molecule has 3 N–H and O–H groups in total. The second kappa shape index (κ2) is 7.93. The molecule has 5 heteroatoms. The van der Waals surface area contributed by atoms with Crippen LogP contribution in [0.2, 0.25) is 0 Å². The second-order valence-electron chi connectivity index (χ2n) is 4.70. The fourth-order valence-corrected chi connectivity index (χ4v) is 3.24. The van der Waals surface area contributed by atoms with E-state index in [1.54, 1.807) is 18.3 Å². The predicted octanol–water partition coefficient (Wildman–Crippen LogP) is 1.26. The second-order valence-corrected chi connectivity index (χ2v) is 5.93. The maximum atomic E-state index is 12.0. The number of nitrogens with two attached hydrogens (primary N) is 1. The van der Waals surface area contributed by atoms with Crippen molar-refractivity contribution in [2.45, 2.75) is 12.8 Å². The Morgan fingerprint density at radius 2 is 2.25 bits per heavy atom. The largest absolute Gasteiger partial charge is 0.350 e. The lowest BCUT2D eigenvalue weighted by molar-refractivity contribution is 0.0941. The fourth-order valence-electron chi connectivity index (χ4n) is 2.03. The molecule has 4 nitrogen and oxygen atoms in total. The molecular weight excluding hydrogens is 270 g/mol. The first kappa shape index (κ1) is 14.9. The summed E-state index contributed by atoms with van der Waals surface area (Å²) in [6.45, 7) is 1.07. The van der Waals surface area contributed by atoms with Gasteiger partial charge in [0.15, 0.2) is 0 Å². The molecule has 0 atom stereocenters. The maximum Gasteiger partial charge on any atom is 0.269 e. The Kier molecular flexibility index (Phi) is 5.90. The van der Waals surface area contributed by atoms with Gasteiger partial charge < -0.3 is 11.1 Å². The van der Waals surface area contributed by atoms with E-state index in [2.05, 4.69) is 22.1 Å². The van der Waals surface area contributed by atoms with E-state index in [9.17, 15) is 4.79 Å². The van der Waals surface area contributed by atoms with E-state index >= 15 is 0 Å². The Morgan fingerprint density at radius 1 is 1.45 bits per heavy atom. The highest BCUT2D eigenvalue weighted by Crippen LogP contribution is 2.21. The highest BCUT2D eigenvalue weighted by molar-refractivity contribution is 7.99. The van der Waals surface area contributed by atoms with Crippen LogP contribution >= 0.6 is 11.8 Å². The number of nitrogens with zero attached hydrogens (tertiary/aromatic N) is 1. The number of hydrogen-bond acceptors (Lipinski definition) is 4. The lowest BCUT2D eigenvalue weighted by atomic mass is 10.0. The van der Waals surface area contributed by atoms with Crippen LogP contribution in [0.5, 0.6) is 0 Å². The number of rotatable bonds is 3. The first-order chi connectivity index (χ1) is 9.79. The van der Waals surface area contributed by atoms with Gasteiger partial charge in [0, 0.05) is 18.3 Å². The van der Waals surface area contributed by atoms with Crippen molar-refractivity contribution >= 4 is 17.7 Å². The number of pyridine rings is 1. The molecule has 0 aliphatic carbocycles. The summed E-state index contributed by atoms with van der Waals surface area (Å²) in [5.41, 5.74) is 6.52. The lowest BCUT2D eigenvalue weighted by Gasteiger charge is -2.21. The molecule has 1 saturated heterocycles. The average molecular weight is 289 g/mol. The Hall–Kier alpha value is -1.51. The highest BCUT2D eigenvalue weighted by Gasteiger charge is 2.15. The number of amides is 1. The van der Waals surface area contributed by atoms with E-state index in [1.807, 2.05) is 11.8 Å². The van der Waals surface area contributed by atoms with Gasteiger partial charge in [-0.2, -0.15) is 11.8 Å². The molecule has 2 heterocycles. The van der Waals surface area contributed by atoms with Crippen LogP contribution in [0.4, 0.5) is 0 Å². The first-order valence-corrected chi connectivity index (χ1v) is 7.96. The van der Waals surface area contributed by atoms with E-state index in [4.69, 9.17) is 5.73 Å². The van der Waals surface area contributed by atoms with E-state index in [-0.39, 0.29) is 5.91 Å². The van der Waals surface area contributed by atoms with E-state index in [0.29, 0.717) is 18.2 Å². The summed E-state index contributed by atoms with van der Waals surface area (Å²) in [7, 11) is 0. The van der Waals surface area contributed by atoms with Crippen LogP contribution in [0.15, 0.2) is 18.3 Å². The van der Waals surface area contributed by atoms with Gasteiger partial charge in [0.1, 0.15) is 5.69 Å². The number of carbonyl (C=O) groups is 1. The Labute approximate surface area is 123 Å². The summed E-state index contributed by atoms with van der Waals surface area (Å²) in [5, 5.41) is 2.96. The average Bonchev–Trinajstić information content (AvgIpc) is 2.52. The van der Waals surface area contributed by atoms with Crippen LogP contribution in [-0.2, 0) is 0 Å². The SMILES string of the molecule is NCC#Cc1ccc(C(=O)NCC2CCSCC2)nc1. The third-order valence-electron chi connectivity index (χ3n) is 3.22. The number of hydrogen-bond donors (Lipinski definition) is 2. The first-order valence-electron chi connectivity index (χ1n) is 6.80. The van der Waals surface area contributed by atoms with Crippen molar-refractivity contribution in [3.63, 3.8) is 0 Å². The minimum absolute atomic E-state index is 0.110. The summed E-state index contributed by atoms with van der Waals surface area (Å²) in [6, 6.07) is 3.49. The molecule has 1 aromatic rings. The molecule has 1 aliphatic rings. The molecule has 1 aliphatic heterocycles. The van der Waals surface area contributed by atoms with E-state index in [0.717, 1.165) is 12.1 Å². The molecule has 2 rings (SSSR count). The standard InChI is InChI=1S/C15H19N3OS/c16-7-1-2-12-3-4-14(17-10-12)15(19)18-11-13-5-8-20-9-6-13/h3-4,10,13H,5-9,11,16H2,(H,18,19). The van der Waals surface area contributed by atoms with Gasteiger partial charge in [-0.05, 0) is 42.4 Å². The van der Waals surface area contributed by atoms with Crippen molar-refractivity contribution in [1.82, 2.24) is 10.3 Å². The molecule has 106 valence electrons. The summed E-state index contributed by atoms with van der Waals surface area (Å²) >= 11 is 1.99. The normalized spacial score (nSPS) is 15.2.